The normalized spacial score (nSPS) is 14.8. The number of hydrogen-bond donors (Lipinski definition) is 0. The first-order chi connectivity index (χ1) is 9.69. The fraction of sp³-hybridized carbons (Fsp3) is 0.467. The molecule has 0 atom stereocenters. The predicted molar refractivity (Wildman–Crippen MR) is 80.4 cm³/mol. The Morgan fingerprint density at radius 1 is 1.35 bits per heavy atom. The zero-order valence-corrected chi connectivity index (χ0v) is 12.0. The molecule has 1 heterocycles. The minimum atomic E-state index is -0.334. The fourth-order valence-corrected chi connectivity index (χ4v) is 2.80. The molecule has 1 aliphatic rings. The van der Waals surface area contributed by atoms with Gasteiger partial charge in [-0.15, -0.1) is 11.6 Å². The van der Waals surface area contributed by atoms with E-state index in [-0.39, 0.29) is 10.6 Å². The summed E-state index contributed by atoms with van der Waals surface area (Å²) in [7, 11) is 0. The van der Waals surface area contributed by atoms with Crippen LogP contribution in [0.2, 0.25) is 0 Å². The van der Waals surface area contributed by atoms with Crippen LogP contribution in [0.15, 0.2) is 24.3 Å². The van der Waals surface area contributed by atoms with Crippen LogP contribution in [0.4, 0.5) is 5.69 Å². The van der Waals surface area contributed by atoms with E-state index in [1.165, 1.54) is 18.5 Å². The molecule has 0 aliphatic heterocycles. The molecule has 0 saturated heterocycles. The van der Waals surface area contributed by atoms with Crippen LogP contribution in [0.5, 0.6) is 0 Å². The molecule has 0 unspecified atom stereocenters. The van der Waals surface area contributed by atoms with Crippen LogP contribution in [0, 0.1) is 16.0 Å². The number of alkyl halides is 1. The Kier molecular flexibility index (Phi) is 3.66. The minimum absolute atomic E-state index is 0.153. The molecule has 0 spiro atoms. The van der Waals surface area contributed by atoms with Gasteiger partial charge >= 0.3 is 0 Å². The molecule has 1 fully saturated rings. The van der Waals surface area contributed by atoms with Crippen molar-refractivity contribution in [3.63, 3.8) is 0 Å². The largest absolute Gasteiger partial charge is 0.344 e. The van der Waals surface area contributed by atoms with E-state index >= 15 is 0 Å². The number of benzene rings is 1. The lowest BCUT2D eigenvalue weighted by molar-refractivity contribution is -0.384. The van der Waals surface area contributed by atoms with Crippen LogP contribution in [0.1, 0.15) is 25.0 Å². The summed E-state index contributed by atoms with van der Waals surface area (Å²) in [6.07, 6.45) is 4.56. The highest BCUT2D eigenvalue weighted by atomic mass is 35.5. The van der Waals surface area contributed by atoms with Crippen molar-refractivity contribution in [3.8, 4) is 0 Å². The van der Waals surface area contributed by atoms with Gasteiger partial charge in [-0.05, 0) is 43.7 Å². The van der Waals surface area contributed by atoms with Crippen molar-refractivity contribution < 1.29 is 4.92 Å². The number of nitro benzene ring substituents is 1. The molecule has 3 rings (SSSR count). The monoisotopic (exact) mass is 292 g/mol. The van der Waals surface area contributed by atoms with Gasteiger partial charge in [-0.3, -0.25) is 10.1 Å². The number of halogens is 1. The summed E-state index contributed by atoms with van der Waals surface area (Å²) in [5.41, 5.74) is 2.40. The number of nitrogens with zero attached hydrogens (tertiary/aromatic N) is 2. The first-order valence-corrected chi connectivity index (χ1v) is 7.55. The Morgan fingerprint density at radius 3 is 2.80 bits per heavy atom. The molecule has 2 aromatic rings. The summed E-state index contributed by atoms with van der Waals surface area (Å²) < 4.78 is 2.21. The number of rotatable bonds is 6. The van der Waals surface area contributed by atoms with Crippen molar-refractivity contribution in [3.05, 3.63) is 40.1 Å². The Bertz CT molecular complexity index is 647. The van der Waals surface area contributed by atoms with Crippen LogP contribution >= 0.6 is 11.6 Å². The van der Waals surface area contributed by atoms with Gasteiger partial charge in [0.25, 0.3) is 5.69 Å². The van der Waals surface area contributed by atoms with Crippen LogP contribution in [0.3, 0.4) is 0 Å². The molecule has 1 saturated carbocycles. The molecule has 1 aromatic heterocycles. The highest BCUT2D eigenvalue weighted by Gasteiger charge is 2.24. The van der Waals surface area contributed by atoms with Gasteiger partial charge in [-0.25, -0.2) is 0 Å². The zero-order chi connectivity index (χ0) is 14.1. The smallest absolute Gasteiger partial charge is 0.271 e. The van der Waals surface area contributed by atoms with Crippen molar-refractivity contribution in [1.29, 1.82) is 0 Å². The lowest BCUT2D eigenvalue weighted by atomic mass is 10.2. The summed E-state index contributed by atoms with van der Waals surface area (Å²) in [5.74, 6) is 1.40. The average Bonchev–Trinajstić information content (AvgIpc) is 3.17. The van der Waals surface area contributed by atoms with E-state index in [0.29, 0.717) is 5.88 Å². The number of fused-ring (bicyclic) bond motifs is 1. The van der Waals surface area contributed by atoms with Crippen LogP contribution in [0.25, 0.3) is 10.9 Å². The van der Waals surface area contributed by atoms with Crippen molar-refractivity contribution in [2.45, 2.75) is 32.2 Å². The molecule has 1 aromatic carbocycles. The van der Waals surface area contributed by atoms with Crippen molar-refractivity contribution in [2.75, 3.05) is 5.88 Å². The maximum atomic E-state index is 10.9. The Morgan fingerprint density at radius 2 is 2.15 bits per heavy atom. The van der Waals surface area contributed by atoms with Crippen LogP contribution < -0.4 is 0 Å². The summed E-state index contributed by atoms with van der Waals surface area (Å²) in [5, 5.41) is 12.0. The molecule has 4 nitrogen and oxygen atoms in total. The van der Waals surface area contributed by atoms with E-state index in [9.17, 15) is 10.1 Å². The second kappa shape index (κ2) is 5.44. The Labute approximate surface area is 122 Å². The van der Waals surface area contributed by atoms with E-state index in [1.807, 2.05) is 6.07 Å². The van der Waals surface area contributed by atoms with E-state index in [0.717, 1.165) is 36.2 Å². The third kappa shape index (κ3) is 2.66. The first kappa shape index (κ1) is 13.4. The molecule has 106 valence electrons. The van der Waals surface area contributed by atoms with Crippen LogP contribution in [-0.4, -0.2) is 15.4 Å². The lowest BCUT2D eigenvalue weighted by Gasteiger charge is -2.09. The molecule has 5 heteroatoms. The second-order valence-electron chi connectivity index (χ2n) is 5.48. The van der Waals surface area contributed by atoms with Gasteiger partial charge < -0.3 is 4.57 Å². The predicted octanol–water partition coefficient (Wildman–Crippen LogP) is 4.13. The number of nitro groups is 1. The van der Waals surface area contributed by atoms with Gasteiger partial charge in [-0.2, -0.15) is 0 Å². The molecule has 0 radical (unpaired) electrons. The van der Waals surface area contributed by atoms with E-state index in [1.54, 1.807) is 12.1 Å². The second-order valence-corrected chi connectivity index (χ2v) is 5.86. The maximum absolute atomic E-state index is 10.9. The number of aryl methyl sites for hydroxylation is 1. The van der Waals surface area contributed by atoms with Crippen molar-refractivity contribution >= 4 is 28.2 Å². The highest BCUT2D eigenvalue weighted by Crippen LogP contribution is 2.35. The fourth-order valence-electron chi connectivity index (χ4n) is 2.68. The molecule has 0 amide bonds. The number of non-ortho nitro benzene ring substituents is 1. The van der Waals surface area contributed by atoms with E-state index < -0.39 is 0 Å². The van der Waals surface area contributed by atoms with Crippen molar-refractivity contribution in [1.82, 2.24) is 4.57 Å². The summed E-state index contributed by atoms with van der Waals surface area (Å²) in [6.45, 7) is 0.830. The third-order valence-electron chi connectivity index (χ3n) is 3.89. The quantitative estimate of drug-likeness (QED) is 0.456. The van der Waals surface area contributed by atoms with Gasteiger partial charge in [0.15, 0.2) is 0 Å². The molecule has 0 N–H and O–H groups in total. The van der Waals surface area contributed by atoms with E-state index in [4.69, 9.17) is 11.6 Å². The standard InChI is InChI=1S/C15H17ClN2O2/c16-6-1-7-17-14(8-11-2-3-11)9-12-4-5-13(18(19)20)10-15(12)17/h4-5,9-11H,1-3,6-8H2. The van der Waals surface area contributed by atoms with Crippen molar-refractivity contribution in [2.24, 2.45) is 5.92 Å². The van der Waals surface area contributed by atoms with Crippen LogP contribution in [-0.2, 0) is 13.0 Å². The Hall–Kier alpha value is -1.55. The average molecular weight is 293 g/mol. The SMILES string of the molecule is O=[N+]([O-])c1ccc2cc(CC3CC3)n(CCCCl)c2c1. The first-order valence-electron chi connectivity index (χ1n) is 7.01. The summed E-state index contributed by atoms with van der Waals surface area (Å²) in [6, 6.07) is 7.28. The summed E-state index contributed by atoms with van der Waals surface area (Å²) in [4.78, 5) is 10.6. The minimum Gasteiger partial charge on any atom is -0.344 e. The molecule has 20 heavy (non-hydrogen) atoms. The molecular weight excluding hydrogens is 276 g/mol. The molecule has 0 bridgehead atoms. The number of hydrogen-bond acceptors (Lipinski definition) is 2. The molecular formula is C15H17ClN2O2. The molecule has 1 aliphatic carbocycles. The van der Waals surface area contributed by atoms with Gasteiger partial charge in [0.05, 0.1) is 10.4 Å². The Balaban J connectivity index is 2.04. The van der Waals surface area contributed by atoms with Gasteiger partial charge in [0.2, 0.25) is 0 Å². The third-order valence-corrected chi connectivity index (χ3v) is 4.16. The van der Waals surface area contributed by atoms with E-state index in [2.05, 4.69) is 10.6 Å². The van der Waals surface area contributed by atoms with Gasteiger partial charge in [0, 0.05) is 35.6 Å². The van der Waals surface area contributed by atoms with Gasteiger partial charge in [-0.1, -0.05) is 0 Å². The lowest BCUT2D eigenvalue weighted by Crippen LogP contribution is -2.04. The summed E-state index contributed by atoms with van der Waals surface area (Å²) >= 11 is 5.80. The van der Waals surface area contributed by atoms with Gasteiger partial charge in [0.1, 0.15) is 0 Å². The maximum Gasteiger partial charge on any atom is 0.271 e. The number of aromatic nitrogens is 1. The topological polar surface area (TPSA) is 48.1 Å². The zero-order valence-electron chi connectivity index (χ0n) is 11.2. The highest BCUT2D eigenvalue weighted by molar-refractivity contribution is 6.17.